The van der Waals surface area contributed by atoms with Crippen LogP contribution in [0.5, 0.6) is 0 Å². The summed E-state index contributed by atoms with van der Waals surface area (Å²) in [6.45, 7) is 0. The van der Waals surface area contributed by atoms with Crippen LogP contribution in [0.1, 0.15) is 5.56 Å². The summed E-state index contributed by atoms with van der Waals surface area (Å²) in [7, 11) is 0. The molecule has 2 aromatic heterocycles. The van der Waals surface area contributed by atoms with E-state index in [9.17, 15) is 14.4 Å². The van der Waals surface area contributed by atoms with E-state index in [0.29, 0.717) is 11.3 Å². The molecular weight excluding hydrogens is 488 g/mol. The lowest BCUT2D eigenvalue weighted by Gasteiger charge is -2.26. The van der Waals surface area contributed by atoms with Crippen molar-refractivity contribution in [1.82, 2.24) is 14.9 Å². The van der Waals surface area contributed by atoms with Crippen molar-refractivity contribution in [2.24, 2.45) is 0 Å². The number of nitrogens with one attached hydrogen (secondary N) is 1. The number of urea groups is 1. The second-order valence-corrected chi connectivity index (χ2v) is 8.90. The lowest BCUT2D eigenvalue weighted by molar-refractivity contribution is -0.122. The maximum atomic E-state index is 13.6. The topological polar surface area (TPSA) is 84.3 Å². The van der Waals surface area contributed by atoms with Gasteiger partial charge in [0.15, 0.2) is 0 Å². The molecule has 1 aliphatic heterocycles. The number of nitrogens with zero attached hydrogens (tertiary/aromatic N) is 3. The third-order valence-electron chi connectivity index (χ3n) is 6.48. The van der Waals surface area contributed by atoms with Gasteiger partial charge in [0.05, 0.1) is 17.1 Å². The molecule has 0 unspecified atom stereocenters. The molecule has 39 heavy (non-hydrogen) atoms. The lowest BCUT2D eigenvalue weighted by atomic mass is 10.0. The van der Waals surface area contributed by atoms with Gasteiger partial charge in [-0.15, -0.1) is 0 Å². The van der Waals surface area contributed by atoms with Gasteiger partial charge in [-0.2, -0.15) is 0 Å². The normalized spacial score (nSPS) is 14.5. The summed E-state index contributed by atoms with van der Waals surface area (Å²) in [6.07, 6.45) is 4.52. The summed E-state index contributed by atoms with van der Waals surface area (Å²) in [5, 5.41) is 2.30. The zero-order valence-electron chi connectivity index (χ0n) is 20.7. The smallest absolute Gasteiger partial charge is 0.309 e. The Morgan fingerprint density at radius 1 is 0.667 bits per heavy atom. The van der Waals surface area contributed by atoms with E-state index in [-0.39, 0.29) is 5.57 Å². The molecule has 1 saturated heterocycles. The molecule has 3 aromatic carbocycles. The van der Waals surface area contributed by atoms with Gasteiger partial charge in [0.1, 0.15) is 5.57 Å². The summed E-state index contributed by atoms with van der Waals surface area (Å²) >= 11 is 0. The Morgan fingerprint density at radius 2 is 1.26 bits per heavy atom. The van der Waals surface area contributed by atoms with Crippen molar-refractivity contribution in [3.8, 4) is 28.2 Å². The van der Waals surface area contributed by atoms with Crippen LogP contribution in [0.3, 0.4) is 0 Å². The van der Waals surface area contributed by atoms with E-state index in [1.165, 1.54) is 12.4 Å². The van der Waals surface area contributed by atoms with Crippen molar-refractivity contribution >= 4 is 29.6 Å². The zero-order valence-corrected chi connectivity index (χ0v) is 20.7. The third-order valence-corrected chi connectivity index (χ3v) is 6.48. The molecule has 7 heteroatoms. The number of carbonyl (C=O) groups is 3. The van der Waals surface area contributed by atoms with Gasteiger partial charge in [-0.3, -0.25) is 19.9 Å². The minimum atomic E-state index is -0.802. The molecule has 0 radical (unpaired) electrons. The summed E-state index contributed by atoms with van der Waals surface area (Å²) in [4.78, 5) is 44.1. The molecule has 6 rings (SSSR count). The Bertz CT molecular complexity index is 1710. The van der Waals surface area contributed by atoms with E-state index >= 15 is 0 Å². The SMILES string of the molecule is O=C1NC(=O)N(c2ccncc2)C(=O)/C1=C\c1cc(-c2ccccc2)n(-c2ccccc2)c1-c1ccccc1. The number of amides is 4. The maximum absolute atomic E-state index is 13.6. The number of para-hydroxylation sites is 1. The molecular formula is C32H22N4O3. The number of imide groups is 2. The van der Waals surface area contributed by atoms with Gasteiger partial charge in [0, 0.05) is 23.6 Å². The van der Waals surface area contributed by atoms with Crippen molar-refractivity contribution in [1.29, 1.82) is 0 Å². The highest BCUT2D eigenvalue weighted by atomic mass is 16.2. The summed E-state index contributed by atoms with van der Waals surface area (Å²) in [5.74, 6) is -1.45. The highest BCUT2D eigenvalue weighted by Crippen LogP contribution is 2.37. The van der Waals surface area contributed by atoms with Crippen LogP contribution in [0.2, 0.25) is 0 Å². The first-order valence-electron chi connectivity index (χ1n) is 12.4. The van der Waals surface area contributed by atoms with Crippen molar-refractivity contribution in [2.45, 2.75) is 0 Å². The predicted octanol–water partition coefficient (Wildman–Crippen LogP) is 5.87. The number of benzene rings is 3. The number of aromatic nitrogens is 2. The van der Waals surface area contributed by atoms with Crippen LogP contribution < -0.4 is 10.2 Å². The van der Waals surface area contributed by atoms with Crippen LogP contribution in [0, 0.1) is 0 Å². The van der Waals surface area contributed by atoms with Crippen molar-refractivity contribution in [3.63, 3.8) is 0 Å². The summed E-state index contributed by atoms with van der Waals surface area (Å²) in [5.41, 5.74) is 5.32. The van der Waals surface area contributed by atoms with Crippen molar-refractivity contribution < 1.29 is 14.4 Å². The van der Waals surface area contributed by atoms with Crippen molar-refractivity contribution in [3.05, 3.63) is 133 Å². The number of rotatable bonds is 5. The monoisotopic (exact) mass is 510 g/mol. The van der Waals surface area contributed by atoms with E-state index in [1.807, 2.05) is 97.1 Å². The average molecular weight is 511 g/mol. The van der Waals surface area contributed by atoms with Crippen LogP contribution in [-0.2, 0) is 9.59 Å². The number of carbonyl (C=O) groups excluding carboxylic acids is 3. The lowest BCUT2D eigenvalue weighted by Crippen LogP contribution is -2.54. The largest absolute Gasteiger partial charge is 0.335 e. The number of hydrogen-bond acceptors (Lipinski definition) is 4. The molecule has 188 valence electrons. The fraction of sp³-hybridized carbons (Fsp3) is 0. The molecule has 7 nitrogen and oxygen atoms in total. The molecule has 5 aromatic rings. The average Bonchev–Trinajstić information content (AvgIpc) is 3.36. The molecule has 0 aliphatic carbocycles. The number of anilines is 1. The minimum absolute atomic E-state index is 0.145. The first kappa shape index (κ1) is 23.8. The zero-order chi connectivity index (χ0) is 26.8. The fourth-order valence-electron chi connectivity index (χ4n) is 4.74. The first-order valence-corrected chi connectivity index (χ1v) is 12.4. The van der Waals surface area contributed by atoms with Gasteiger partial charge in [0.25, 0.3) is 11.8 Å². The molecule has 3 heterocycles. The second-order valence-electron chi connectivity index (χ2n) is 8.90. The summed E-state index contributed by atoms with van der Waals surface area (Å²) in [6, 6.07) is 33.9. The van der Waals surface area contributed by atoms with Gasteiger partial charge < -0.3 is 4.57 Å². The second kappa shape index (κ2) is 10.1. The van der Waals surface area contributed by atoms with E-state index in [2.05, 4.69) is 14.9 Å². The molecule has 1 fully saturated rings. The van der Waals surface area contributed by atoms with Crippen LogP contribution in [0.25, 0.3) is 34.3 Å². The van der Waals surface area contributed by atoms with Gasteiger partial charge in [-0.1, -0.05) is 78.9 Å². The highest BCUT2D eigenvalue weighted by molar-refractivity contribution is 6.39. The van der Waals surface area contributed by atoms with E-state index in [1.54, 1.807) is 18.2 Å². The molecule has 1 N–H and O–H groups in total. The Labute approximate surface area is 224 Å². The van der Waals surface area contributed by atoms with Gasteiger partial charge in [0.2, 0.25) is 0 Å². The van der Waals surface area contributed by atoms with Crippen LogP contribution in [0.4, 0.5) is 10.5 Å². The highest BCUT2D eigenvalue weighted by Gasteiger charge is 2.37. The number of barbiturate groups is 1. The van der Waals surface area contributed by atoms with Gasteiger partial charge in [-0.25, -0.2) is 9.69 Å². The number of pyridine rings is 1. The fourth-order valence-corrected chi connectivity index (χ4v) is 4.74. The number of hydrogen-bond donors (Lipinski definition) is 1. The predicted molar refractivity (Wildman–Crippen MR) is 150 cm³/mol. The Balaban J connectivity index is 1.60. The Morgan fingerprint density at radius 3 is 1.90 bits per heavy atom. The van der Waals surface area contributed by atoms with Crippen LogP contribution in [-0.4, -0.2) is 27.4 Å². The summed E-state index contributed by atoms with van der Waals surface area (Å²) < 4.78 is 2.12. The molecule has 0 bridgehead atoms. The molecule has 0 saturated carbocycles. The van der Waals surface area contributed by atoms with Crippen molar-refractivity contribution in [2.75, 3.05) is 4.90 Å². The maximum Gasteiger partial charge on any atom is 0.335 e. The quantitative estimate of drug-likeness (QED) is 0.237. The van der Waals surface area contributed by atoms with E-state index in [4.69, 9.17) is 0 Å². The first-order chi connectivity index (χ1) is 19.1. The van der Waals surface area contributed by atoms with E-state index < -0.39 is 17.8 Å². The molecule has 0 spiro atoms. The Kier molecular flexibility index (Phi) is 6.15. The molecule has 1 aliphatic rings. The van der Waals surface area contributed by atoms with Crippen LogP contribution >= 0.6 is 0 Å². The third kappa shape index (κ3) is 4.42. The molecule has 0 atom stereocenters. The van der Waals surface area contributed by atoms with Gasteiger partial charge >= 0.3 is 6.03 Å². The Hall–Kier alpha value is -5.56. The minimum Gasteiger partial charge on any atom is -0.309 e. The van der Waals surface area contributed by atoms with Gasteiger partial charge in [-0.05, 0) is 47.5 Å². The standard InChI is InChI=1S/C32H22N4O3/c37-30-27(31(38)36(32(39)34-30)26-16-18-33-19-17-26)20-24-21-28(22-10-4-1-5-11-22)35(25-14-8-3-9-15-25)29(24)23-12-6-2-7-13-23/h1-21H,(H,34,37,39)/b27-20-. The van der Waals surface area contributed by atoms with E-state index in [0.717, 1.165) is 33.1 Å². The van der Waals surface area contributed by atoms with Crippen LogP contribution in [0.15, 0.2) is 127 Å². The molecule has 4 amide bonds.